The topological polar surface area (TPSA) is 57.5 Å². The maximum absolute atomic E-state index is 10.7. The van der Waals surface area contributed by atoms with Crippen LogP contribution in [-0.2, 0) is 4.79 Å². The molecular weight excluding hydrogens is 324 g/mol. The molecule has 0 amide bonds. The summed E-state index contributed by atoms with van der Waals surface area (Å²) in [5.41, 5.74) is 0.847. The molecule has 0 heterocycles. The van der Waals surface area contributed by atoms with E-state index in [1.807, 2.05) is 0 Å². The van der Waals surface area contributed by atoms with Crippen LogP contribution in [0, 0.1) is 10.8 Å². The van der Waals surface area contributed by atoms with Crippen LogP contribution in [0.4, 0.5) is 0 Å². The molecule has 1 aliphatic rings. The Hall–Kier alpha value is -0.570. The van der Waals surface area contributed by atoms with Gasteiger partial charge in [-0.15, -0.1) is 0 Å². The summed E-state index contributed by atoms with van der Waals surface area (Å²) in [5.74, 6) is -0.659. The second-order valence-corrected chi connectivity index (χ2v) is 9.66. The van der Waals surface area contributed by atoms with Crippen molar-refractivity contribution in [3.8, 4) is 0 Å². The maximum Gasteiger partial charge on any atom is 0.303 e. The lowest BCUT2D eigenvalue weighted by Crippen LogP contribution is -2.11. The summed E-state index contributed by atoms with van der Waals surface area (Å²) in [6.45, 7) is 7.01. The Kier molecular flexibility index (Phi) is 10.8. The van der Waals surface area contributed by atoms with Gasteiger partial charge in [-0.1, -0.05) is 65.7 Å². The van der Waals surface area contributed by atoms with Crippen LogP contribution in [-0.4, -0.2) is 22.3 Å². The van der Waals surface area contributed by atoms with Crippen molar-refractivity contribution >= 4 is 5.97 Å². The Labute approximate surface area is 162 Å². The molecule has 0 spiro atoms. The summed E-state index contributed by atoms with van der Waals surface area (Å²) < 4.78 is 0. The molecule has 154 valence electrons. The third kappa shape index (κ3) is 11.2. The summed E-state index contributed by atoms with van der Waals surface area (Å²) in [6.07, 6.45) is 17.6. The predicted molar refractivity (Wildman–Crippen MR) is 109 cm³/mol. The summed E-state index contributed by atoms with van der Waals surface area (Å²) in [6, 6.07) is 0. The molecule has 0 radical (unpaired) electrons. The van der Waals surface area contributed by atoms with E-state index in [0.29, 0.717) is 17.3 Å². The number of unbranched alkanes of at least 4 members (excludes halogenated alkanes) is 4. The van der Waals surface area contributed by atoms with Crippen molar-refractivity contribution in [1.82, 2.24) is 0 Å². The van der Waals surface area contributed by atoms with Crippen molar-refractivity contribution in [2.75, 3.05) is 0 Å². The molecule has 2 N–H and O–H groups in total. The van der Waals surface area contributed by atoms with Crippen LogP contribution < -0.4 is 0 Å². The third-order valence-corrected chi connectivity index (χ3v) is 6.39. The largest absolute Gasteiger partial charge is 0.481 e. The Morgan fingerprint density at radius 3 is 2.12 bits per heavy atom. The molecule has 0 bridgehead atoms. The smallest absolute Gasteiger partial charge is 0.303 e. The number of carboxylic acids is 1. The minimum absolute atomic E-state index is 0.124. The number of hydrogen-bond donors (Lipinski definition) is 2. The maximum atomic E-state index is 10.7. The van der Waals surface area contributed by atoms with Crippen LogP contribution in [0.2, 0.25) is 0 Å². The predicted octanol–water partition coefficient (Wildman–Crippen LogP) is 6.72. The van der Waals surface area contributed by atoms with Gasteiger partial charge in [-0.05, 0) is 62.2 Å². The molecule has 1 fully saturated rings. The van der Waals surface area contributed by atoms with Gasteiger partial charge in [0.1, 0.15) is 0 Å². The Morgan fingerprint density at radius 1 is 0.962 bits per heavy atom. The van der Waals surface area contributed by atoms with Crippen molar-refractivity contribution in [1.29, 1.82) is 0 Å². The van der Waals surface area contributed by atoms with E-state index in [0.717, 1.165) is 32.1 Å². The highest BCUT2D eigenvalue weighted by molar-refractivity contribution is 5.66. The van der Waals surface area contributed by atoms with Crippen molar-refractivity contribution in [3.05, 3.63) is 0 Å². The number of carbonyl (C=O) groups is 1. The Balaban J connectivity index is 1.94. The molecule has 0 aliphatic heterocycles. The molecule has 3 nitrogen and oxygen atoms in total. The highest BCUT2D eigenvalue weighted by atomic mass is 16.4. The van der Waals surface area contributed by atoms with Crippen LogP contribution in [0.5, 0.6) is 0 Å². The quantitative estimate of drug-likeness (QED) is 0.280. The van der Waals surface area contributed by atoms with Crippen molar-refractivity contribution in [2.24, 2.45) is 10.8 Å². The average molecular weight is 369 g/mol. The van der Waals surface area contributed by atoms with E-state index < -0.39 is 5.97 Å². The molecule has 26 heavy (non-hydrogen) atoms. The number of aliphatic hydroxyl groups is 1. The zero-order valence-electron chi connectivity index (χ0n) is 17.7. The van der Waals surface area contributed by atoms with Crippen molar-refractivity contribution < 1.29 is 15.0 Å². The molecule has 1 rings (SSSR count). The van der Waals surface area contributed by atoms with E-state index >= 15 is 0 Å². The first-order valence-electron chi connectivity index (χ1n) is 11.2. The lowest BCUT2D eigenvalue weighted by molar-refractivity contribution is -0.137. The van der Waals surface area contributed by atoms with Gasteiger partial charge in [-0.2, -0.15) is 0 Å². The van der Waals surface area contributed by atoms with Crippen LogP contribution in [0.25, 0.3) is 0 Å². The summed E-state index contributed by atoms with van der Waals surface area (Å²) in [7, 11) is 0. The van der Waals surface area contributed by atoms with Crippen LogP contribution in [0.1, 0.15) is 124 Å². The van der Waals surface area contributed by atoms with Gasteiger partial charge in [0.25, 0.3) is 0 Å². The summed E-state index contributed by atoms with van der Waals surface area (Å²) in [5, 5.41) is 19.0. The fourth-order valence-electron chi connectivity index (χ4n) is 4.34. The zero-order chi connectivity index (χ0) is 19.5. The fraction of sp³-hybridized carbons (Fsp3) is 0.957. The van der Waals surface area contributed by atoms with E-state index in [4.69, 9.17) is 5.11 Å². The number of aliphatic carboxylic acids is 1. The molecule has 1 aliphatic carbocycles. The van der Waals surface area contributed by atoms with E-state index in [1.165, 1.54) is 64.2 Å². The standard InChI is InChI=1S/C23H44O3/c1-4-14-22(2,3)15-9-5-7-11-20(24)12-8-6-10-16-23(18-19-23)17-13-21(25)26/h20,24H,4-19H2,1-3H3,(H,25,26). The van der Waals surface area contributed by atoms with Crippen LogP contribution >= 0.6 is 0 Å². The van der Waals surface area contributed by atoms with Gasteiger partial charge in [-0.3, -0.25) is 4.79 Å². The van der Waals surface area contributed by atoms with Gasteiger partial charge >= 0.3 is 5.97 Å². The van der Waals surface area contributed by atoms with Crippen LogP contribution in [0.3, 0.4) is 0 Å². The second kappa shape index (κ2) is 12.0. The molecule has 1 unspecified atom stereocenters. The first kappa shape index (κ1) is 23.5. The van der Waals surface area contributed by atoms with Gasteiger partial charge in [0.15, 0.2) is 0 Å². The third-order valence-electron chi connectivity index (χ3n) is 6.39. The van der Waals surface area contributed by atoms with Gasteiger partial charge in [-0.25, -0.2) is 0 Å². The molecule has 0 aromatic carbocycles. The fourth-order valence-corrected chi connectivity index (χ4v) is 4.34. The molecule has 1 saturated carbocycles. The SMILES string of the molecule is CCCC(C)(C)CCCCCC(O)CCCCCC1(CCC(=O)O)CC1. The first-order valence-corrected chi connectivity index (χ1v) is 11.2. The normalized spacial score (nSPS) is 17.2. The average Bonchev–Trinajstić information content (AvgIpc) is 3.32. The van der Waals surface area contributed by atoms with E-state index in [2.05, 4.69) is 20.8 Å². The summed E-state index contributed by atoms with van der Waals surface area (Å²) in [4.78, 5) is 10.7. The Morgan fingerprint density at radius 2 is 1.58 bits per heavy atom. The minimum Gasteiger partial charge on any atom is -0.481 e. The minimum atomic E-state index is -0.659. The number of hydrogen-bond acceptors (Lipinski definition) is 2. The second-order valence-electron chi connectivity index (χ2n) is 9.66. The lowest BCUT2D eigenvalue weighted by Gasteiger charge is -2.23. The number of aliphatic hydroxyl groups excluding tert-OH is 1. The molecule has 0 saturated heterocycles. The first-order chi connectivity index (χ1) is 12.3. The summed E-state index contributed by atoms with van der Waals surface area (Å²) >= 11 is 0. The van der Waals surface area contributed by atoms with Gasteiger partial charge in [0, 0.05) is 6.42 Å². The molecule has 3 heteroatoms. The Bertz CT molecular complexity index is 385. The van der Waals surface area contributed by atoms with Crippen LogP contribution in [0.15, 0.2) is 0 Å². The van der Waals surface area contributed by atoms with E-state index in [1.54, 1.807) is 0 Å². The molecule has 0 aromatic heterocycles. The van der Waals surface area contributed by atoms with Gasteiger partial charge < -0.3 is 10.2 Å². The zero-order valence-corrected chi connectivity index (χ0v) is 17.7. The number of carboxylic acid groups (broad SMARTS) is 1. The molecular formula is C23H44O3. The monoisotopic (exact) mass is 368 g/mol. The molecule has 0 aromatic rings. The van der Waals surface area contributed by atoms with Crippen molar-refractivity contribution in [2.45, 2.75) is 130 Å². The van der Waals surface area contributed by atoms with Crippen molar-refractivity contribution in [3.63, 3.8) is 0 Å². The van der Waals surface area contributed by atoms with Gasteiger partial charge in [0.05, 0.1) is 6.10 Å². The lowest BCUT2D eigenvalue weighted by atomic mass is 9.82. The number of rotatable bonds is 17. The molecule has 1 atom stereocenters. The van der Waals surface area contributed by atoms with E-state index in [-0.39, 0.29) is 6.10 Å². The highest BCUT2D eigenvalue weighted by Crippen LogP contribution is 2.53. The highest BCUT2D eigenvalue weighted by Gasteiger charge is 2.41. The van der Waals surface area contributed by atoms with Gasteiger partial charge in [0.2, 0.25) is 0 Å². The van der Waals surface area contributed by atoms with E-state index in [9.17, 15) is 9.90 Å².